The number of carbonyl (C=O) groups excluding carboxylic acids is 2. The maximum atomic E-state index is 11.5. The zero-order valence-electron chi connectivity index (χ0n) is 12.1. The maximum Gasteiger partial charge on any atom is 0.320 e. The summed E-state index contributed by atoms with van der Waals surface area (Å²) in [5, 5.41) is 11.4. The van der Waals surface area contributed by atoms with Crippen LogP contribution in [0.2, 0.25) is 0 Å². The third-order valence-corrected chi connectivity index (χ3v) is 4.65. The monoisotopic (exact) mass is 297 g/mol. The summed E-state index contributed by atoms with van der Waals surface area (Å²) < 4.78 is 0. The number of hydrogen-bond acceptors (Lipinski definition) is 4. The Morgan fingerprint density at radius 2 is 1.86 bits per heavy atom. The van der Waals surface area contributed by atoms with Crippen LogP contribution in [-0.2, 0) is 9.59 Å². The van der Waals surface area contributed by atoms with Crippen LogP contribution in [0.25, 0.3) is 0 Å². The van der Waals surface area contributed by atoms with Crippen molar-refractivity contribution in [2.24, 2.45) is 11.7 Å². The first kappa shape index (κ1) is 15.8. The smallest absolute Gasteiger partial charge is 0.320 e. The molecule has 1 saturated carbocycles. The van der Waals surface area contributed by atoms with Gasteiger partial charge in [-0.3, -0.25) is 19.8 Å². The number of carboxylic acids is 1. The molecule has 3 unspecified atom stereocenters. The van der Waals surface area contributed by atoms with E-state index in [4.69, 9.17) is 5.73 Å². The Hall–Kier alpha value is -1.63. The second kappa shape index (κ2) is 6.89. The fraction of sp³-hybridized carbons (Fsp3) is 0.786. The molecule has 7 heteroatoms. The number of piperidine rings is 1. The zero-order valence-corrected chi connectivity index (χ0v) is 12.1. The number of urea groups is 1. The highest BCUT2D eigenvalue weighted by Gasteiger charge is 2.41. The molecule has 1 aliphatic carbocycles. The molecule has 4 N–H and O–H groups in total. The van der Waals surface area contributed by atoms with Gasteiger partial charge in [0.15, 0.2) is 0 Å². The number of hydrogen-bond donors (Lipinski definition) is 3. The van der Waals surface area contributed by atoms with Crippen LogP contribution in [-0.4, -0.2) is 46.5 Å². The summed E-state index contributed by atoms with van der Waals surface area (Å²) in [5.41, 5.74) is 4.91. The van der Waals surface area contributed by atoms with E-state index in [0.717, 1.165) is 25.7 Å². The Morgan fingerprint density at radius 1 is 1.14 bits per heavy atom. The van der Waals surface area contributed by atoms with Crippen molar-refractivity contribution in [3.63, 3.8) is 0 Å². The van der Waals surface area contributed by atoms with Crippen LogP contribution in [0.5, 0.6) is 0 Å². The van der Waals surface area contributed by atoms with Crippen LogP contribution in [0.4, 0.5) is 4.79 Å². The van der Waals surface area contributed by atoms with Crippen molar-refractivity contribution in [1.29, 1.82) is 0 Å². The average Bonchev–Trinajstić information content (AvgIpc) is 2.43. The third-order valence-electron chi connectivity index (χ3n) is 4.65. The van der Waals surface area contributed by atoms with Gasteiger partial charge in [0.05, 0.1) is 0 Å². The number of likely N-dealkylation sites (tertiary alicyclic amines) is 1. The van der Waals surface area contributed by atoms with E-state index in [1.807, 2.05) is 10.2 Å². The van der Waals surface area contributed by atoms with Gasteiger partial charge in [-0.05, 0) is 31.6 Å². The van der Waals surface area contributed by atoms with Gasteiger partial charge in [0.25, 0.3) is 0 Å². The summed E-state index contributed by atoms with van der Waals surface area (Å²) in [6.07, 6.45) is 6.12. The normalized spacial score (nSPS) is 29.4. The molecule has 7 nitrogen and oxygen atoms in total. The molecule has 0 aromatic heterocycles. The minimum absolute atomic E-state index is 0.0932. The summed E-state index contributed by atoms with van der Waals surface area (Å²) in [6, 6.07) is -1.15. The van der Waals surface area contributed by atoms with E-state index >= 15 is 0 Å². The fourth-order valence-electron chi connectivity index (χ4n) is 3.75. The van der Waals surface area contributed by atoms with Crippen LogP contribution >= 0.6 is 0 Å². The van der Waals surface area contributed by atoms with Gasteiger partial charge in [-0.15, -0.1) is 0 Å². The molecule has 0 aromatic carbocycles. The number of carbonyl (C=O) groups is 3. The number of rotatable bonds is 4. The van der Waals surface area contributed by atoms with Crippen molar-refractivity contribution in [2.45, 2.75) is 57.0 Å². The molecule has 1 aliphatic heterocycles. The number of carboxylic acid groups (broad SMARTS) is 1. The van der Waals surface area contributed by atoms with Gasteiger partial charge in [-0.2, -0.15) is 0 Å². The lowest BCUT2D eigenvalue weighted by Crippen LogP contribution is -2.55. The molecule has 0 bridgehead atoms. The fourth-order valence-corrected chi connectivity index (χ4v) is 3.75. The van der Waals surface area contributed by atoms with Crippen molar-refractivity contribution < 1.29 is 19.5 Å². The minimum atomic E-state index is -0.871. The Bertz CT molecular complexity index is 426. The highest BCUT2D eigenvalue weighted by molar-refractivity contribution is 5.93. The number of primary amides is 1. The summed E-state index contributed by atoms with van der Waals surface area (Å²) >= 11 is 0. The van der Waals surface area contributed by atoms with Gasteiger partial charge in [0, 0.05) is 19.0 Å². The first-order chi connectivity index (χ1) is 9.99. The molecule has 0 aromatic rings. The lowest BCUT2D eigenvalue weighted by molar-refractivity contribution is -0.148. The number of nitrogens with zero attached hydrogens (tertiary/aromatic N) is 1. The van der Waals surface area contributed by atoms with Crippen molar-refractivity contribution >= 4 is 17.9 Å². The molecule has 2 rings (SSSR count). The van der Waals surface area contributed by atoms with Gasteiger partial charge >= 0.3 is 12.0 Å². The Balaban J connectivity index is 2.00. The highest BCUT2D eigenvalue weighted by atomic mass is 16.4. The number of nitrogens with two attached hydrogens (primary N) is 1. The van der Waals surface area contributed by atoms with E-state index in [0.29, 0.717) is 18.9 Å². The molecular formula is C14H23N3O4. The van der Waals surface area contributed by atoms with Crippen LogP contribution in [0, 0.1) is 5.92 Å². The molecule has 1 saturated heterocycles. The molecule has 3 amide bonds. The van der Waals surface area contributed by atoms with Gasteiger partial charge in [-0.1, -0.05) is 12.8 Å². The Morgan fingerprint density at radius 3 is 2.52 bits per heavy atom. The van der Waals surface area contributed by atoms with Gasteiger partial charge in [-0.25, -0.2) is 4.79 Å². The van der Waals surface area contributed by atoms with Crippen molar-refractivity contribution in [3.8, 4) is 0 Å². The van der Waals surface area contributed by atoms with Crippen molar-refractivity contribution in [2.75, 3.05) is 6.54 Å². The van der Waals surface area contributed by atoms with Crippen LogP contribution in [0.1, 0.15) is 44.9 Å². The molecule has 0 spiro atoms. The van der Waals surface area contributed by atoms with Crippen LogP contribution in [0.3, 0.4) is 0 Å². The first-order valence-corrected chi connectivity index (χ1v) is 7.57. The minimum Gasteiger partial charge on any atom is -0.480 e. The molecule has 3 atom stereocenters. The summed E-state index contributed by atoms with van der Waals surface area (Å²) in [5.74, 6) is -0.743. The second-order valence-electron chi connectivity index (χ2n) is 5.94. The molecule has 2 aliphatic rings. The van der Waals surface area contributed by atoms with E-state index in [-0.39, 0.29) is 12.5 Å². The first-order valence-electron chi connectivity index (χ1n) is 7.57. The maximum absolute atomic E-state index is 11.5. The number of imide groups is 1. The predicted octanol–water partition coefficient (Wildman–Crippen LogP) is 0.679. The van der Waals surface area contributed by atoms with Gasteiger partial charge < -0.3 is 10.8 Å². The van der Waals surface area contributed by atoms with E-state index < -0.39 is 23.9 Å². The standard InChI is InChI=1S/C14H23N3O4/c15-14(21)16-12(18)7-8-17-10-4-2-1-3-9(10)5-6-11(17)13(19)20/h9-11H,1-8H2,(H,19,20)(H3,15,16,18,21). The van der Waals surface area contributed by atoms with Crippen LogP contribution in [0.15, 0.2) is 0 Å². The highest BCUT2D eigenvalue weighted by Crippen LogP contribution is 2.37. The largest absolute Gasteiger partial charge is 0.480 e. The van der Waals surface area contributed by atoms with E-state index in [2.05, 4.69) is 0 Å². The number of amides is 3. The molecule has 21 heavy (non-hydrogen) atoms. The van der Waals surface area contributed by atoms with Crippen LogP contribution < -0.4 is 11.1 Å². The SMILES string of the molecule is NC(=O)NC(=O)CCN1C(C(=O)O)CCC2CCCCC21. The average molecular weight is 297 g/mol. The number of nitrogens with one attached hydrogen (secondary N) is 1. The summed E-state index contributed by atoms with van der Waals surface area (Å²) in [6.45, 7) is 0.358. The van der Waals surface area contributed by atoms with E-state index in [9.17, 15) is 19.5 Å². The van der Waals surface area contributed by atoms with Gasteiger partial charge in [0.2, 0.25) is 5.91 Å². The van der Waals surface area contributed by atoms with Crippen molar-refractivity contribution in [3.05, 3.63) is 0 Å². The number of aliphatic carboxylic acids is 1. The lowest BCUT2D eigenvalue weighted by atomic mass is 9.76. The molecule has 0 radical (unpaired) electrons. The lowest BCUT2D eigenvalue weighted by Gasteiger charge is -2.47. The van der Waals surface area contributed by atoms with E-state index in [1.54, 1.807) is 0 Å². The molecule has 1 heterocycles. The number of fused-ring (bicyclic) bond motifs is 1. The Labute approximate surface area is 123 Å². The molecule has 118 valence electrons. The zero-order chi connectivity index (χ0) is 15.4. The quantitative estimate of drug-likeness (QED) is 0.706. The third kappa shape index (κ3) is 3.93. The van der Waals surface area contributed by atoms with E-state index in [1.165, 1.54) is 6.42 Å². The molecular weight excluding hydrogens is 274 g/mol. The predicted molar refractivity (Wildman–Crippen MR) is 75.5 cm³/mol. The van der Waals surface area contributed by atoms with Crippen molar-refractivity contribution in [1.82, 2.24) is 10.2 Å². The summed E-state index contributed by atoms with van der Waals surface area (Å²) in [7, 11) is 0. The topological polar surface area (TPSA) is 113 Å². The summed E-state index contributed by atoms with van der Waals surface area (Å²) in [4.78, 5) is 35.6. The van der Waals surface area contributed by atoms with Gasteiger partial charge in [0.1, 0.15) is 6.04 Å². The molecule has 2 fully saturated rings. The second-order valence-corrected chi connectivity index (χ2v) is 5.94. The Kier molecular flexibility index (Phi) is 5.17.